The van der Waals surface area contributed by atoms with Crippen LogP contribution in [0.1, 0.15) is 16.2 Å². The van der Waals surface area contributed by atoms with Crippen molar-refractivity contribution >= 4 is 34.1 Å². The smallest absolute Gasteiger partial charge is 0.349 e. The van der Waals surface area contributed by atoms with E-state index in [1.807, 2.05) is 6.92 Å². The van der Waals surface area contributed by atoms with Gasteiger partial charge in [-0.05, 0) is 43.3 Å². The number of hydrogen-bond donors (Lipinski definition) is 2. The molecule has 3 aromatic heterocycles. The molecule has 5 rings (SSSR count). The summed E-state index contributed by atoms with van der Waals surface area (Å²) < 4.78 is 12.3. The number of carbonyl (C=O) groups is 1. The number of aromatic nitrogens is 4. The molecule has 2 aromatic carbocycles. The molecule has 0 aliphatic heterocycles. The molecule has 0 aliphatic carbocycles. The summed E-state index contributed by atoms with van der Waals surface area (Å²) in [5, 5.41) is 6.54. The van der Waals surface area contributed by atoms with Crippen LogP contribution in [0.5, 0.6) is 5.75 Å². The fraction of sp³-hybridized carbons (Fsp3) is 0.0800. The second kappa shape index (κ2) is 9.10. The Hall–Kier alpha value is -4.99. The molecule has 0 fully saturated rings. The molecule has 0 radical (unpaired) electrons. The molecular weight excluding hydrogens is 448 g/mol. The quantitative estimate of drug-likeness (QED) is 0.357. The molecule has 0 spiro atoms. The first-order valence-corrected chi connectivity index (χ1v) is 10.6. The van der Waals surface area contributed by atoms with Gasteiger partial charge in [-0.25, -0.2) is 19.7 Å². The lowest BCUT2D eigenvalue weighted by Crippen LogP contribution is -2.20. The molecule has 174 valence electrons. The Balaban J connectivity index is 1.32. The van der Waals surface area contributed by atoms with Gasteiger partial charge in [0.05, 0.1) is 7.11 Å². The summed E-state index contributed by atoms with van der Waals surface area (Å²) in [6.45, 7) is 1.81. The van der Waals surface area contributed by atoms with Crippen LogP contribution in [0.3, 0.4) is 0 Å². The highest BCUT2D eigenvalue weighted by Gasteiger charge is 2.16. The molecule has 2 N–H and O–H groups in total. The van der Waals surface area contributed by atoms with E-state index in [1.54, 1.807) is 71.8 Å². The number of methoxy groups -OCH3 is 1. The van der Waals surface area contributed by atoms with E-state index >= 15 is 0 Å². The number of carbonyl (C=O) groups excluding carboxylic acids is 1. The van der Waals surface area contributed by atoms with Crippen LogP contribution in [-0.4, -0.2) is 32.5 Å². The lowest BCUT2D eigenvalue weighted by molar-refractivity contribution is 0.102. The molecule has 0 aliphatic rings. The number of anilines is 3. The molecule has 35 heavy (non-hydrogen) atoms. The van der Waals surface area contributed by atoms with Gasteiger partial charge in [-0.1, -0.05) is 12.1 Å². The number of nitrogens with one attached hydrogen (secondary N) is 2. The van der Waals surface area contributed by atoms with Crippen molar-refractivity contribution in [2.24, 2.45) is 0 Å². The molecule has 1 amide bonds. The van der Waals surface area contributed by atoms with Gasteiger partial charge in [-0.2, -0.15) is 0 Å². The maximum atomic E-state index is 12.8. The van der Waals surface area contributed by atoms with Crippen molar-refractivity contribution < 1.29 is 13.9 Å². The Bertz CT molecular complexity index is 1580. The third kappa shape index (κ3) is 4.58. The number of imidazole rings is 1. The average molecular weight is 468 g/mol. The fourth-order valence-electron chi connectivity index (χ4n) is 3.56. The predicted molar refractivity (Wildman–Crippen MR) is 131 cm³/mol. The van der Waals surface area contributed by atoms with Crippen LogP contribution in [0.15, 0.2) is 82.5 Å². The second-order valence-electron chi connectivity index (χ2n) is 7.61. The zero-order chi connectivity index (χ0) is 24.4. The standard InChI is InChI=1S/C25H20N6O4/c1-15-27-21(13-22(28-15)31-11-10-26-14-31)29-17-6-8-18(9-7-17)30-24(32)19-12-16-4-3-5-20(34-2)23(16)35-25(19)33/h3-14H,1-2H3,(H,30,32)(H,27,28,29). The summed E-state index contributed by atoms with van der Waals surface area (Å²) in [5.74, 6) is 1.76. The monoisotopic (exact) mass is 468 g/mol. The Morgan fingerprint density at radius 2 is 1.86 bits per heavy atom. The van der Waals surface area contributed by atoms with E-state index in [4.69, 9.17) is 9.15 Å². The van der Waals surface area contributed by atoms with Crippen molar-refractivity contribution in [1.29, 1.82) is 0 Å². The van der Waals surface area contributed by atoms with Crippen LogP contribution in [-0.2, 0) is 0 Å². The minimum absolute atomic E-state index is 0.101. The summed E-state index contributed by atoms with van der Waals surface area (Å²) in [5.41, 5.74) is 0.726. The molecule has 10 heteroatoms. The van der Waals surface area contributed by atoms with Crippen molar-refractivity contribution in [3.05, 3.63) is 95.1 Å². The van der Waals surface area contributed by atoms with Gasteiger partial charge in [-0.15, -0.1) is 0 Å². The average Bonchev–Trinajstić information content (AvgIpc) is 3.39. The van der Waals surface area contributed by atoms with Crippen molar-refractivity contribution in [2.45, 2.75) is 6.92 Å². The number of amides is 1. The van der Waals surface area contributed by atoms with E-state index in [1.165, 1.54) is 13.2 Å². The lowest BCUT2D eigenvalue weighted by atomic mass is 10.1. The highest BCUT2D eigenvalue weighted by Crippen LogP contribution is 2.25. The number of aryl methyl sites for hydroxylation is 1. The molecule has 0 bridgehead atoms. The van der Waals surface area contributed by atoms with E-state index in [0.29, 0.717) is 39.9 Å². The Labute approximate surface area is 199 Å². The van der Waals surface area contributed by atoms with Gasteiger partial charge >= 0.3 is 5.63 Å². The first-order chi connectivity index (χ1) is 17.0. The third-order valence-corrected chi connectivity index (χ3v) is 5.20. The van der Waals surface area contributed by atoms with Gasteiger partial charge in [0.1, 0.15) is 29.4 Å². The molecule has 10 nitrogen and oxygen atoms in total. The second-order valence-corrected chi connectivity index (χ2v) is 7.61. The lowest BCUT2D eigenvalue weighted by Gasteiger charge is -2.10. The first-order valence-electron chi connectivity index (χ1n) is 10.6. The van der Waals surface area contributed by atoms with E-state index in [9.17, 15) is 9.59 Å². The molecule has 0 saturated carbocycles. The van der Waals surface area contributed by atoms with Crippen LogP contribution in [0, 0.1) is 6.92 Å². The summed E-state index contributed by atoms with van der Waals surface area (Å²) in [6.07, 6.45) is 5.14. The van der Waals surface area contributed by atoms with E-state index < -0.39 is 11.5 Å². The summed E-state index contributed by atoms with van der Waals surface area (Å²) in [4.78, 5) is 38.0. The Morgan fingerprint density at radius 3 is 2.60 bits per heavy atom. The zero-order valence-electron chi connectivity index (χ0n) is 18.9. The number of nitrogens with zero attached hydrogens (tertiary/aromatic N) is 4. The number of fused-ring (bicyclic) bond motifs is 1. The topological polar surface area (TPSA) is 124 Å². The van der Waals surface area contributed by atoms with Crippen molar-refractivity contribution in [2.75, 3.05) is 17.7 Å². The molecule has 0 saturated heterocycles. The maximum absolute atomic E-state index is 12.8. The van der Waals surface area contributed by atoms with Gasteiger partial charge < -0.3 is 19.8 Å². The van der Waals surface area contributed by atoms with Gasteiger partial charge in [0.15, 0.2) is 11.3 Å². The highest BCUT2D eigenvalue weighted by atomic mass is 16.5. The summed E-state index contributed by atoms with van der Waals surface area (Å²) in [6, 6.07) is 15.5. The van der Waals surface area contributed by atoms with Gasteiger partial charge in [0.2, 0.25) is 0 Å². The highest BCUT2D eigenvalue weighted by molar-refractivity contribution is 6.05. The molecule has 0 atom stereocenters. The van der Waals surface area contributed by atoms with E-state index in [2.05, 4.69) is 25.6 Å². The normalized spacial score (nSPS) is 10.8. The molecule has 5 aromatic rings. The minimum Gasteiger partial charge on any atom is -0.493 e. The number of benzene rings is 2. The summed E-state index contributed by atoms with van der Waals surface area (Å²) >= 11 is 0. The van der Waals surface area contributed by atoms with E-state index in [0.717, 1.165) is 5.69 Å². The minimum atomic E-state index is -0.745. The third-order valence-electron chi connectivity index (χ3n) is 5.20. The van der Waals surface area contributed by atoms with Crippen LogP contribution in [0.4, 0.5) is 17.2 Å². The van der Waals surface area contributed by atoms with Gasteiger partial charge in [0.25, 0.3) is 5.91 Å². The fourth-order valence-corrected chi connectivity index (χ4v) is 3.56. The number of hydrogen-bond acceptors (Lipinski definition) is 8. The SMILES string of the molecule is COc1cccc2cc(C(=O)Nc3ccc(Nc4cc(-n5ccnc5)nc(C)n4)cc3)c(=O)oc12. The zero-order valence-corrected chi connectivity index (χ0v) is 18.9. The van der Waals surface area contributed by atoms with E-state index in [-0.39, 0.29) is 5.56 Å². The van der Waals surface area contributed by atoms with Crippen molar-refractivity contribution in [3.8, 4) is 11.6 Å². The predicted octanol–water partition coefficient (Wildman–Crippen LogP) is 4.08. The van der Waals surface area contributed by atoms with Crippen LogP contribution >= 0.6 is 0 Å². The van der Waals surface area contributed by atoms with Crippen LogP contribution in [0.25, 0.3) is 16.8 Å². The maximum Gasteiger partial charge on any atom is 0.349 e. The van der Waals surface area contributed by atoms with Crippen molar-refractivity contribution in [3.63, 3.8) is 0 Å². The molecule has 3 heterocycles. The van der Waals surface area contributed by atoms with Gasteiger partial charge in [-0.3, -0.25) is 9.36 Å². The Morgan fingerprint density at radius 1 is 1.06 bits per heavy atom. The first kappa shape index (κ1) is 21.8. The summed E-state index contributed by atoms with van der Waals surface area (Å²) in [7, 11) is 1.48. The number of rotatable bonds is 6. The largest absolute Gasteiger partial charge is 0.493 e. The Kier molecular flexibility index (Phi) is 5.68. The number of para-hydroxylation sites is 1. The molecule has 0 unspecified atom stereocenters. The number of ether oxygens (including phenoxy) is 1. The molecular formula is C25H20N6O4. The van der Waals surface area contributed by atoms with Crippen LogP contribution in [0.2, 0.25) is 0 Å². The van der Waals surface area contributed by atoms with Gasteiger partial charge in [0, 0.05) is 35.2 Å². The van der Waals surface area contributed by atoms with Crippen molar-refractivity contribution in [1.82, 2.24) is 19.5 Å². The van der Waals surface area contributed by atoms with Crippen LogP contribution < -0.4 is 21.0 Å².